The third-order valence-electron chi connectivity index (χ3n) is 8.23. The zero-order valence-corrected chi connectivity index (χ0v) is 23.8. The minimum Gasteiger partial charge on any atom is -0.454 e. The fourth-order valence-electron chi connectivity index (χ4n) is 6.15. The molecule has 0 aliphatic carbocycles. The van der Waals surface area contributed by atoms with Crippen molar-refractivity contribution in [3.8, 4) is 11.5 Å². The number of ether oxygens (including phenoxy) is 2. The largest absolute Gasteiger partial charge is 0.454 e. The Morgan fingerprint density at radius 3 is 2.52 bits per heavy atom. The van der Waals surface area contributed by atoms with E-state index in [1.807, 2.05) is 48.0 Å². The lowest BCUT2D eigenvalue weighted by atomic mass is 9.99. The highest BCUT2D eigenvalue weighted by atomic mass is 16.7. The number of benzene rings is 3. The molecule has 214 valence electrons. The summed E-state index contributed by atoms with van der Waals surface area (Å²) in [7, 11) is 0. The van der Waals surface area contributed by atoms with Crippen molar-refractivity contribution in [1.82, 2.24) is 35.0 Å². The number of pyridine rings is 1. The second kappa shape index (κ2) is 11.0. The standard InChI is InChI=1S/C32H33N7O3/c1-21-14-22(2)25-17-26(32(40)33-27(25)15-21)30(31-34-35-36-39(31)19-23-6-4-3-5-7-23)38-12-10-37(11-13-38)18-24-8-9-28-29(16-24)42-20-41-28/h3-9,14-17,30H,10-13,18-20H2,1-2H3,(H,33,40). The van der Waals surface area contributed by atoms with Gasteiger partial charge in [0.25, 0.3) is 5.56 Å². The maximum Gasteiger partial charge on any atom is 0.253 e. The molecule has 0 bridgehead atoms. The summed E-state index contributed by atoms with van der Waals surface area (Å²) in [6, 6.07) is 22.1. The second-order valence-corrected chi connectivity index (χ2v) is 11.2. The van der Waals surface area contributed by atoms with Gasteiger partial charge in [0.05, 0.1) is 6.54 Å². The second-order valence-electron chi connectivity index (χ2n) is 11.2. The Morgan fingerprint density at radius 1 is 0.881 bits per heavy atom. The van der Waals surface area contributed by atoms with E-state index in [2.05, 4.69) is 67.6 Å². The van der Waals surface area contributed by atoms with Crippen LogP contribution in [0.15, 0.2) is 71.5 Å². The van der Waals surface area contributed by atoms with Gasteiger partial charge in [-0.05, 0) is 70.8 Å². The lowest BCUT2D eigenvalue weighted by molar-refractivity contribution is 0.0998. The van der Waals surface area contributed by atoms with Gasteiger partial charge in [0.1, 0.15) is 6.04 Å². The van der Waals surface area contributed by atoms with E-state index in [1.165, 1.54) is 5.56 Å². The summed E-state index contributed by atoms with van der Waals surface area (Å²) >= 11 is 0. The molecule has 7 rings (SSSR count). The van der Waals surface area contributed by atoms with Crippen LogP contribution in [0.25, 0.3) is 10.9 Å². The molecule has 5 aromatic rings. The summed E-state index contributed by atoms with van der Waals surface area (Å²) in [5.74, 6) is 2.26. The topological polar surface area (TPSA) is 101 Å². The van der Waals surface area contributed by atoms with E-state index in [-0.39, 0.29) is 12.4 Å². The molecule has 1 fully saturated rings. The Kier molecular flexibility index (Phi) is 6.93. The summed E-state index contributed by atoms with van der Waals surface area (Å²) in [6.07, 6.45) is 0. The van der Waals surface area contributed by atoms with Crippen molar-refractivity contribution in [2.24, 2.45) is 0 Å². The van der Waals surface area contributed by atoms with Crippen molar-refractivity contribution >= 4 is 10.9 Å². The number of nitrogens with zero attached hydrogens (tertiary/aromatic N) is 6. The number of tetrazole rings is 1. The van der Waals surface area contributed by atoms with Gasteiger partial charge in [0.15, 0.2) is 17.3 Å². The predicted octanol–water partition coefficient (Wildman–Crippen LogP) is 3.82. The first-order valence-electron chi connectivity index (χ1n) is 14.3. The lowest BCUT2D eigenvalue weighted by Gasteiger charge is -2.38. The molecule has 1 saturated heterocycles. The monoisotopic (exact) mass is 563 g/mol. The number of rotatable bonds is 7. The van der Waals surface area contributed by atoms with Crippen LogP contribution in [0, 0.1) is 13.8 Å². The van der Waals surface area contributed by atoms with Gasteiger partial charge in [-0.3, -0.25) is 14.6 Å². The van der Waals surface area contributed by atoms with Gasteiger partial charge in [-0.15, -0.1) is 5.10 Å². The van der Waals surface area contributed by atoms with Gasteiger partial charge in [-0.1, -0.05) is 42.5 Å². The molecular formula is C32H33N7O3. The van der Waals surface area contributed by atoms with E-state index < -0.39 is 6.04 Å². The molecule has 0 amide bonds. The molecule has 10 nitrogen and oxygen atoms in total. The molecule has 1 atom stereocenters. The zero-order valence-electron chi connectivity index (χ0n) is 23.8. The summed E-state index contributed by atoms with van der Waals surface area (Å²) in [5.41, 5.74) is 5.91. The van der Waals surface area contributed by atoms with Gasteiger partial charge in [-0.25, -0.2) is 4.68 Å². The number of nitrogens with one attached hydrogen (secondary N) is 1. The maximum absolute atomic E-state index is 13.7. The van der Waals surface area contributed by atoms with Crippen LogP contribution in [0.4, 0.5) is 0 Å². The molecule has 0 radical (unpaired) electrons. The number of piperazine rings is 1. The van der Waals surface area contributed by atoms with E-state index in [1.54, 1.807) is 0 Å². The number of fused-ring (bicyclic) bond motifs is 2. The zero-order chi connectivity index (χ0) is 28.6. The van der Waals surface area contributed by atoms with E-state index >= 15 is 0 Å². The van der Waals surface area contributed by atoms with Gasteiger partial charge < -0.3 is 14.5 Å². The van der Waals surface area contributed by atoms with E-state index in [9.17, 15) is 4.79 Å². The third kappa shape index (κ3) is 5.15. The summed E-state index contributed by atoms with van der Waals surface area (Å²) in [6.45, 7) is 8.95. The molecule has 1 N–H and O–H groups in total. The number of aromatic nitrogens is 5. The first kappa shape index (κ1) is 26.4. The molecule has 1 unspecified atom stereocenters. The molecule has 10 heteroatoms. The molecular weight excluding hydrogens is 530 g/mol. The summed E-state index contributed by atoms with van der Waals surface area (Å²) in [4.78, 5) is 21.6. The van der Waals surface area contributed by atoms with Crippen LogP contribution in [-0.2, 0) is 13.1 Å². The first-order chi connectivity index (χ1) is 20.5. The lowest BCUT2D eigenvalue weighted by Crippen LogP contribution is -2.48. The number of hydrogen-bond acceptors (Lipinski definition) is 8. The van der Waals surface area contributed by atoms with Crippen molar-refractivity contribution in [3.05, 3.63) is 111 Å². The summed E-state index contributed by atoms with van der Waals surface area (Å²) in [5, 5.41) is 14.0. The average Bonchev–Trinajstić information content (AvgIpc) is 3.64. The van der Waals surface area contributed by atoms with Crippen LogP contribution in [0.3, 0.4) is 0 Å². The maximum atomic E-state index is 13.7. The number of aromatic amines is 1. The van der Waals surface area contributed by atoms with Crippen LogP contribution in [0.1, 0.15) is 39.7 Å². The number of aryl methyl sites for hydroxylation is 2. The molecule has 2 aromatic heterocycles. The van der Waals surface area contributed by atoms with Crippen molar-refractivity contribution in [3.63, 3.8) is 0 Å². The van der Waals surface area contributed by atoms with Crippen molar-refractivity contribution in [2.75, 3.05) is 33.0 Å². The molecule has 4 heterocycles. The Balaban J connectivity index is 1.21. The van der Waals surface area contributed by atoms with E-state index in [0.29, 0.717) is 17.9 Å². The van der Waals surface area contributed by atoms with Crippen LogP contribution in [0.2, 0.25) is 0 Å². The average molecular weight is 564 g/mol. The third-order valence-corrected chi connectivity index (χ3v) is 8.23. The molecule has 0 saturated carbocycles. The molecule has 2 aliphatic heterocycles. The van der Waals surface area contributed by atoms with Crippen LogP contribution in [0.5, 0.6) is 11.5 Å². The highest BCUT2D eigenvalue weighted by Crippen LogP contribution is 2.33. The Hall–Kier alpha value is -4.54. The van der Waals surface area contributed by atoms with Gasteiger partial charge >= 0.3 is 0 Å². The number of hydrogen-bond donors (Lipinski definition) is 1. The van der Waals surface area contributed by atoms with Crippen LogP contribution in [-0.4, -0.2) is 68.0 Å². The molecule has 0 spiro atoms. The predicted molar refractivity (Wildman–Crippen MR) is 159 cm³/mol. The first-order valence-corrected chi connectivity index (χ1v) is 14.3. The Labute approximate surface area is 243 Å². The Morgan fingerprint density at radius 2 is 1.69 bits per heavy atom. The minimum atomic E-state index is -0.398. The van der Waals surface area contributed by atoms with E-state index in [0.717, 1.165) is 71.8 Å². The van der Waals surface area contributed by atoms with E-state index in [4.69, 9.17) is 9.47 Å². The molecule has 3 aromatic carbocycles. The fraction of sp³-hybridized carbons (Fsp3) is 0.312. The SMILES string of the molecule is Cc1cc(C)c2cc(C(c3nnnn3Cc3ccccc3)N3CCN(Cc4ccc5c(c4)OCO5)CC3)c(=O)[nH]c2c1. The van der Waals surface area contributed by atoms with Crippen LogP contribution < -0.4 is 15.0 Å². The normalized spacial score (nSPS) is 16.2. The van der Waals surface area contributed by atoms with Crippen molar-refractivity contribution < 1.29 is 9.47 Å². The minimum absolute atomic E-state index is 0.116. The summed E-state index contributed by atoms with van der Waals surface area (Å²) < 4.78 is 12.9. The van der Waals surface area contributed by atoms with Gasteiger partial charge in [0, 0.05) is 49.2 Å². The quantitative estimate of drug-likeness (QED) is 0.319. The van der Waals surface area contributed by atoms with Gasteiger partial charge in [-0.2, -0.15) is 0 Å². The number of H-pyrrole nitrogens is 1. The van der Waals surface area contributed by atoms with Crippen molar-refractivity contribution in [1.29, 1.82) is 0 Å². The Bertz CT molecular complexity index is 1790. The van der Waals surface area contributed by atoms with Gasteiger partial charge in [0.2, 0.25) is 6.79 Å². The smallest absolute Gasteiger partial charge is 0.253 e. The van der Waals surface area contributed by atoms with Crippen LogP contribution >= 0.6 is 0 Å². The molecule has 42 heavy (non-hydrogen) atoms. The fourth-order valence-corrected chi connectivity index (χ4v) is 6.15. The van der Waals surface area contributed by atoms with Crippen molar-refractivity contribution in [2.45, 2.75) is 33.0 Å². The highest BCUT2D eigenvalue weighted by molar-refractivity contribution is 5.83. The molecule has 2 aliphatic rings. The highest BCUT2D eigenvalue weighted by Gasteiger charge is 2.33.